The molecule has 0 radical (unpaired) electrons. The molecule has 2 aliphatic rings. The molecule has 2 bridgehead atoms. The summed E-state index contributed by atoms with van der Waals surface area (Å²) < 4.78 is 4.47. The van der Waals surface area contributed by atoms with Crippen molar-refractivity contribution in [2.45, 2.75) is 24.9 Å². The Morgan fingerprint density at radius 2 is 1.73 bits per heavy atom. The Kier molecular flexibility index (Phi) is 2.65. The lowest BCUT2D eigenvalue weighted by atomic mass is 10.2. The van der Waals surface area contributed by atoms with Crippen molar-refractivity contribution in [3.05, 3.63) is 0 Å². The number of piperazine rings is 1. The molecule has 2 saturated heterocycles. The smallest absolute Gasteiger partial charge is 0.396 e. The number of likely N-dealkylation sites (N-methyl/N-ethyl adjacent to an activating group) is 1. The first-order chi connectivity index (χ1) is 7.13. The van der Waals surface area contributed by atoms with E-state index in [0.717, 1.165) is 25.9 Å². The molecule has 0 aliphatic carbocycles. The molecule has 5 nitrogen and oxygen atoms in total. The molecule has 84 valence electrons. The monoisotopic (exact) mass is 212 g/mol. The Balaban J connectivity index is 2.11. The van der Waals surface area contributed by atoms with Crippen molar-refractivity contribution >= 4 is 11.9 Å². The summed E-state index contributed by atoms with van der Waals surface area (Å²) in [6.07, 6.45) is 2.00. The highest BCUT2D eigenvalue weighted by molar-refractivity contribution is 6.32. The summed E-state index contributed by atoms with van der Waals surface area (Å²) in [6.45, 7) is 1.72. The van der Waals surface area contributed by atoms with Crippen molar-refractivity contribution in [3.63, 3.8) is 0 Å². The van der Waals surface area contributed by atoms with Crippen molar-refractivity contribution in [2.24, 2.45) is 0 Å². The van der Waals surface area contributed by atoms with Gasteiger partial charge in [-0.05, 0) is 19.9 Å². The molecule has 0 spiro atoms. The molecule has 0 aromatic carbocycles. The van der Waals surface area contributed by atoms with Gasteiger partial charge in [-0.3, -0.25) is 4.79 Å². The van der Waals surface area contributed by atoms with Crippen molar-refractivity contribution < 1.29 is 14.3 Å². The molecular formula is C10H16N2O3. The number of esters is 1. The van der Waals surface area contributed by atoms with Crippen LogP contribution in [0.15, 0.2) is 0 Å². The maximum atomic E-state index is 11.7. The van der Waals surface area contributed by atoms with E-state index in [-0.39, 0.29) is 12.1 Å². The van der Waals surface area contributed by atoms with Gasteiger partial charge in [-0.15, -0.1) is 0 Å². The summed E-state index contributed by atoms with van der Waals surface area (Å²) in [5, 5.41) is 0. The molecule has 2 unspecified atom stereocenters. The zero-order valence-electron chi connectivity index (χ0n) is 9.10. The quantitative estimate of drug-likeness (QED) is 0.400. The summed E-state index contributed by atoms with van der Waals surface area (Å²) >= 11 is 0. The van der Waals surface area contributed by atoms with Gasteiger partial charge in [0.05, 0.1) is 7.11 Å². The molecule has 2 heterocycles. The van der Waals surface area contributed by atoms with Crippen LogP contribution in [0.2, 0.25) is 0 Å². The lowest BCUT2D eigenvalue weighted by molar-refractivity contribution is -0.161. The fourth-order valence-electron chi connectivity index (χ4n) is 2.64. The number of likely N-dealkylation sites (tertiary alicyclic amines) is 1. The third-order valence-corrected chi connectivity index (χ3v) is 3.26. The number of carbonyl (C=O) groups excluding carboxylic acids is 2. The highest BCUT2D eigenvalue weighted by Gasteiger charge is 2.43. The van der Waals surface area contributed by atoms with Crippen molar-refractivity contribution in [1.82, 2.24) is 9.80 Å². The number of nitrogens with zero attached hydrogens (tertiary/aromatic N) is 2. The Morgan fingerprint density at radius 1 is 1.20 bits per heavy atom. The van der Waals surface area contributed by atoms with Crippen LogP contribution in [0, 0.1) is 0 Å². The molecule has 0 aromatic heterocycles. The lowest BCUT2D eigenvalue weighted by Gasteiger charge is -2.38. The first kappa shape index (κ1) is 10.4. The molecular weight excluding hydrogens is 196 g/mol. The minimum absolute atomic E-state index is 0.195. The third kappa shape index (κ3) is 1.71. The molecule has 5 heteroatoms. The molecule has 2 aliphatic heterocycles. The second-order valence-corrected chi connectivity index (χ2v) is 4.31. The number of amides is 1. The largest absolute Gasteiger partial charge is 0.462 e. The minimum atomic E-state index is -0.739. The van der Waals surface area contributed by atoms with E-state index in [0.29, 0.717) is 0 Å². The number of ether oxygens (including phenoxy) is 1. The van der Waals surface area contributed by atoms with Gasteiger partial charge in [0.1, 0.15) is 0 Å². The average molecular weight is 212 g/mol. The van der Waals surface area contributed by atoms with Gasteiger partial charge in [0.15, 0.2) is 0 Å². The minimum Gasteiger partial charge on any atom is -0.462 e. The maximum absolute atomic E-state index is 11.7. The summed E-state index contributed by atoms with van der Waals surface area (Å²) in [5.74, 6) is -1.21. The van der Waals surface area contributed by atoms with Crippen molar-refractivity contribution in [3.8, 4) is 0 Å². The summed E-state index contributed by atoms with van der Waals surface area (Å²) in [6, 6.07) is 0.390. The number of carbonyl (C=O) groups is 2. The van der Waals surface area contributed by atoms with Crippen LogP contribution in [0.3, 0.4) is 0 Å². The Morgan fingerprint density at radius 3 is 2.20 bits per heavy atom. The molecule has 0 N–H and O–H groups in total. The van der Waals surface area contributed by atoms with Gasteiger partial charge >= 0.3 is 11.9 Å². The Hall–Kier alpha value is -1.10. The van der Waals surface area contributed by atoms with Gasteiger partial charge in [-0.2, -0.15) is 0 Å². The number of hydrogen-bond donors (Lipinski definition) is 0. The zero-order valence-corrected chi connectivity index (χ0v) is 9.10. The van der Waals surface area contributed by atoms with E-state index >= 15 is 0 Å². The number of hydrogen-bond acceptors (Lipinski definition) is 4. The molecule has 1 amide bonds. The molecule has 2 rings (SSSR count). The Labute approximate surface area is 89.0 Å². The van der Waals surface area contributed by atoms with Crippen molar-refractivity contribution in [1.29, 1.82) is 0 Å². The second kappa shape index (κ2) is 3.81. The topological polar surface area (TPSA) is 49.9 Å². The van der Waals surface area contributed by atoms with Crippen LogP contribution in [0.25, 0.3) is 0 Å². The summed E-state index contributed by atoms with van der Waals surface area (Å²) in [4.78, 5) is 26.8. The van der Waals surface area contributed by atoms with Gasteiger partial charge in [0.2, 0.25) is 0 Å². The van der Waals surface area contributed by atoms with Crippen LogP contribution in [0.1, 0.15) is 12.8 Å². The summed E-state index contributed by atoms with van der Waals surface area (Å²) in [5.41, 5.74) is 0. The zero-order chi connectivity index (χ0) is 11.0. The average Bonchev–Trinajstić information content (AvgIpc) is 2.49. The third-order valence-electron chi connectivity index (χ3n) is 3.26. The predicted molar refractivity (Wildman–Crippen MR) is 53.2 cm³/mol. The predicted octanol–water partition coefficient (Wildman–Crippen LogP) is -0.536. The van der Waals surface area contributed by atoms with E-state index in [2.05, 4.69) is 9.64 Å². The van der Waals surface area contributed by atoms with E-state index in [4.69, 9.17) is 0 Å². The lowest BCUT2D eigenvalue weighted by Crippen LogP contribution is -2.56. The first-order valence-electron chi connectivity index (χ1n) is 5.22. The first-order valence-corrected chi connectivity index (χ1v) is 5.22. The molecule has 2 atom stereocenters. The van der Waals surface area contributed by atoms with Crippen LogP contribution < -0.4 is 0 Å². The molecule has 0 saturated carbocycles. The van der Waals surface area contributed by atoms with Crippen molar-refractivity contribution in [2.75, 3.05) is 27.2 Å². The number of fused-ring (bicyclic) bond motifs is 2. The van der Waals surface area contributed by atoms with Crippen LogP contribution in [0.4, 0.5) is 0 Å². The summed E-state index contributed by atoms with van der Waals surface area (Å²) in [7, 11) is 3.30. The fourth-order valence-corrected chi connectivity index (χ4v) is 2.64. The van der Waals surface area contributed by atoms with Gasteiger partial charge in [-0.1, -0.05) is 0 Å². The van der Waals surface area contributed by atoms with E-state index in [9.17, 15) is 9.59 Å². The molecule has 15 heavy (non-hydrogen) atoms. The molecule has 0 aromatic rings. The highest BCUT2D eigenvalue weighted by atomic mass is 16.5. The van der Waals surface area contributed by atoms with Crippen LogP contribution in [-0.2, 0) is 14.3 Å². The van der Waals surface area contributed by atoms with E-state index in [1.165, 1.54) is 7.11 Å². The number of rotatable bonds is 0. The normalized spacial score (nSPS) is 30.4. The Bertz CT molecular complexity index is 278. The fraction of sp³-hybridized carbons (Fsp3) is 0.800. The standard InChI is InChI=1S/C10H16N2O3/c1-11-5-7-3-4-8(6-11)12(7)9(13)10(14)15-2/h7-8H,3-6H2,1-2H3. The second-order valence-electron chi connectivity index (χ2n) is 4.31. The number of methoxy groups -OCH3 is 1. The molecule has 2 fully saturated rings. The maximum Gasteiger partial charge on any atom is 0.396 e. The van der Waals surface area contributed by atoms with E-state index in [1.807, 2.05) is 7.05 Å². The van der Waals surface area contributed by atoms with Crippen LogP contribution in [0.5, 0.6) is 0 Å². The van der Waals surface area contributed by atoms with Gasteiger partial charge in [0.25, 0.3) is 0 Å². The van der Waals surface area contributed by atoms with Gasteiger partial charge in [0, 0.05) is 25.2 Å². The van der Waals surface area contributed by atoms with Gasteiger partial charge in [-0.25, -0.2) is 4.79 Å². The van der Waals surface area contributed by atoms with Gasteiger partial charge < -0.3 is 14.5 Å². The van der Waals surface area contributed by atoms with Crippen LogP contribution >= 0.6 is 0 Å². The SMILES string of the molecule is COC(=O)C(=O)N1C2CCC1CN(C)C2. The van der Waals surface area contributed by atoms with Crippen LogP contribution in [-0.4, -0.2) is 61.0 Å². The van der Waals surface area contributed by atoms with E-state index in [1.54, 1.807) is 4.90 Å². The van der Waals surface area contributed by atoms with E-state index < -0.39 is 11.9 Å². The highest BCUT2D eigenvalue weighted by Crippen LogP contribution is 2.29.